The van der Waals surface area contributed by atoms with Gasteiger partial charge >= 0.3 is 0 Å². The Kier molecular flexibility index (Phi) is 6.47. The van der Waals surface area contributed by atoms with Gasteiger partial charge < -0.3 is 9.88 Å². The zero-order valence-electron chi connectivity index (χ0n) is 16.6. The number of rotatable bonds is 7. The number of nitrogens with zero attached hydrogens (tertiary/aromatic N) is 3. The number of halogens is 1. The van der Waals surface area contributed by atoms with E-state index < -0.39 is 0 Å². The molecule has 1 aliphatic rings. The Bertz CT molecular complexity index is 994. The van der Waals surface area contributed by atoms with Crippen LogP contribution in [-0.4, -0.2) is 47.6 Å². The highest BCUT2D eigenvalue weighted by Gasteiger charge is 2.16. The van der Waals surface area contributed by atoms with Crippen molar-refractivity contribution in [1.82, 2.24) is 14.9 Å². The second-order valence-corrected chi connectivity index (χ2v) is 8.08. The van der Waals surface area contributed by atoms with Crippen molar-refractivity contribution in [1.29, 1.82) is 0 Å². The van der Waals surface area contributed by atoms with Gasteiger partial charge in [0.15, 0.2) is 0 Å². The van der Waals surface area contributed by atoms with Crippen molar-refractivity contribution in [3.05, 3.63) is 69.7 Å². The lowest BCUT2D eigenvalue weighted by Crippen LogP contribution is -2.46. The minimum Gasteiger partial charge on any atom is -0.369 e. The molecule has 0 atom stereocenters. The number of hydrogen-bond donors (Lipinski definition) is 1. The summed E-state index contributed by atoms with van der Waals surface area (Å²) in [6.07, 6.45) is 4.20. The first kappa shape index (κ1) is 19.9. The van der Waals surface area contributed by atoms with E-state index in [4.69, 9.17) is 11.6 Å². The van der Waals surface area contributed by atoms with Gasteiger partial charge in [-0.1, -0.05) is 30.2 Å². The molecule has 3 aromatic rings. The molecule has 1 fully saturated rings. The molecule has 4 rings (SSSR count). The molecule has 0 saturated carbocycles. The van der Waals surface area contributed by atoms with E-state index in [0.717, 1.165) is 68.3 Å². The van der Waals surface area contributed by atoms with Gasteiger partial charge in [-0.3, -0.25) is 9.69 Å². The maximum Gasteiger partial charge on any atom is 0.258 e. The van der Waals surface area contributed by atoms with E-state index in [0.29, 0.717) is 5.39 Å². The lowest BCUT2D eigenvalue weighted by Gasteiger charge is -2.36. The molecule has 2 heterocycles. The summed E-state index contributed by atoms with van der Waals surface area (Å²) in [6.45, 7) is 5.45. The minimum atomic E-state index is -0.0378. The number of anilines is 1. The average molecular weight is 411 g/mol. The van der Waals surface area contributed by atoms with Crippen LogP contribution in [0.1, 0.15) is 25.1 Å². The molecule has 2 aromatic carbocycles. The van der Waals surface area contributed by atoms with Crippen LogP contribution in [0, 0.1) is 0 Å². The number of aromatic amines is 1. The largest absolute Gasteiger partial charge is 0.369 e. The minimum absolute atomic E-state index is 0.0378. The van der Waals surface area contributed by atoms with Gasteiger partial charge in [-0.15, -0.1) is 0 Å². The van der Waals surface area contributed by atoms with Crippen LogP contribution < -0.4 is 10.5 Å². The molecule has 1 saturated heterocycles. The fourth-order valence-corrected chi connectivity index (χ4v) is 4.07. The zero-order chi connectivity index (χ0) is 20.1. The van der Waals surface area contributed by atoms with Gasteiger partial charge in [0.05, 0.1) is 10.9 Å². The van der Waals surface area contributed by atoms with Crippen molar-refractivity contribution in [2.45, 2.75) is 25.7 Å². The van der Waals surface area contributed by atoms with Crippen LogP contribution in [0.5, 0.6) is 0 Å². The number of para-hydroxylation sites is 1. The summed E-state index contributed by atoms with van der Waals surface area (Å²) in [7, 11) is 0. The van der Waals surface area contributed by atoms with Crippen LogP contribution >= 0.6 is 11.6 Å². The summed E-state index contributed by atoms with van der Waals surface area (Å²) in [4.78, 5) is 24.6. The highest BCUT2D eigenvalue weighted by atomic mass is 35.5. The van der Waals surface area contributed by atoms with Gasteiger partial charge in [0, 0.05) is 43.3 Å². The number of unbranched alkanes of at least 4 members (excludes halogenated alkanes) is 2. The van der Waals surface area contributed by atoms with Crippen LogP contribution in [0.2, 0.25) is 5.02 Å². The Balaban J connectivity index is 1.17. The van der Waals surface area contributed by atoms with E-state index in [1.165, 1.54) is 12.1 Å². The number of aryl methyl sites for hydroxylation is 1. The quantitative estimate of drug-likeness (QED) is 0.595. The van der Waals surface area contributed by atoms with Gasteiger partial charge in [-0.2, -0.15) is 0 Å². The van der Waals surface area contributed by atoms with Crippen LogP contribution in [-0.2, 0) is 6.42 Å². The number of fused-ring (bicyclic) bond motifs is 1. The molecule has 6 heteroatoms. The molecule has 0 amide bonds. The van der Waals surface area contributed by atoms with Crippen molar-refractivity contribution < 1.29 is 0 Å². The van der Waals surface area contributed by atoms with Crippen molar-refractivity contribution >= 4 is 28.2 Å². The molecule has 29 heavy (non-hydrogen) atoms. The molecule has 0 bridgehead atoms. The maximum absolute atomic E-state index is 12.1. The van der Waals surface area contributed by atoms with Crippen molar-refractivity contribution in [2.75, 3.05) is 37.6 Å². The maximum atomic E-state index is 12.1. The van der Waals surface area contributed by atoms with Gasteiger partial charge in [-0.05, 0) is 55.8 Å². The Morgan fingerprint density at radius 1 is 0.931 bits per heavy atom. The number of piperazine rings is 1. The Morgan fingerprint density at radius 3 is 2.48 bits per heavy atom. The smallest absolute Gasteiger partial charge is 0.258 e. The third-order valence-corrected chi connectivity index (χ3v) is 5.87. The monoisotopic (exact) mass is 410 g/mol. The predicted molar refractivity (Wildman–Crippen MR) is 120 cm³/mol. The molecule has 1 N–H and O–H groups in total. The van der Waals surface area contributed by atoms with Gasteiger partial charge in [-0.25, -0.2) is 4.98 Å². The molecule has 1 aliphatic heterocycles. The molecular weight excluding hydrogens is 384 g/mol. The van der Waals surface area contributed by atoms with Gasteiger partial charge in [0.25, 0.3) is 5.56 Å². The van der Waals surface area contributed by atoms with Crippen LogP contribution in [0.25, 0.3) is 10.9 Å². The molecule has 0 spiro atoms. The molecule has 0 aliphatic carbocycles. The predicted octanol–water partition coefficient (Wildman–Crippen LogP) is 4.11. The third-order valence-electron chi connectivity index (χ3n) is 5.61. The number of H-pyrrole nitrogens is 1. The second kappa shape index (κ2) is 9.42. The first-order valence-electron chi connectivity index (χ1n) is 10.4. The van der Waals surface area contributed by atoms with Gasteiger partial charge in [0.2, 0.25) is 0 Å². The number of nitrogens with one attached hydrogen (secondary N) is 1. The molecule has 152 valence electrons. The zero-order valence-corrected chi connectivity index (χ0v) is 17.4. The summed E-state index contributed by atoms with van der Waals surface area (Å²) in [6, 6.07) is 15.6. The molecule has 1 aromatic heterocycles. The molecule has 0 radical (unpaired) electrons. The summed E-state index contributed by atoms with van der Waals surface area (Å²) in [5.74, 6) is 0.797. The van der Waals surface area contributed by atoms with E-state index in [-0.39, 0.29) is 5.56 Å². The van der Waals surface area contributed by atoms with Crippen LogP contribution in [0.3, 0.4) is 0 Å². The van der Waals surface area contributed by atoms with Crippen molar-refractivity contribution in [2.24, 2.45) is 0 Å². The normalized spacial score (nSPS) is 15.1. The topological polar surface area (TPSA) is 52.2 Å². The highest BCUT2D eigenvalue weighted by molar-refractivity contribution is 6.30. The highest BCUT2D eigenvalue weighted by Crippen LogP contribution is 2.19. The van der Waals surface area contributed by atoms with E-state index in [1.54, 1.807) is 0 Å². The first-order valence-corrected chi connectivity index (χ1v) is 10.8. The third kappa shape index (κ3) is 5.17. The Labute approximate surface area is 176 Å². The number of hydrogen-bond acceptors (Lipinski definition) is 4. The average Bonchev–Trinajstić information content (AvgIpc) is 2.75. The number of aromatic nitrogens is 2. The fourth-order valence-electron chi connectivity index (χ4n) is 3.94. The van der Waals surface area contributed by atoms with Crippen molar-refractivity contribution in [3.8, 4) is 0 Å². The van der Waals surface area contributed by atoms with Crippen LogP contribution in [0.4, 0.5) is 5.69 Å². The Hall–Kier alpha value is -2.37. The summed E-state index contributed by atoms with van der Waals surface area (Å²) < 4.78 is 0. The molecule has 5 nitrogen and oxygen atoms in total. The van der Waals surface area contributed by atoms with E-state index in [9.17, 15) is 4.79 Å². The van der Waals surface area contributed by atoms with E-state index in [1.807, 2.05) is 36.4 Å². The Morgan fingerprint density at radius 2 is 1.69 bits per heavy atom. The molecule has 0 unspecified atom stereocenters. The summed E-state index contributed by atoms with van der Waals surface area (Å²) in [5.41, 5.74) is 2.00. The standard InChI is InChI=1S/C23H27ClN4O/c24-18-9-11-19(12-10-18)28-16-14-27(15-17-28)13-5-1-2-8-22-25-21-7-4-3-6-20(21)23(29)26-22/h3-4,6-7,9-12H,1-2,5,8,13-17H2,(H,25,26,29). The van der Waals surface area contributed by atoms with E-state index >= 15 is 0 Å². The SMILES string of the molecule is O=c1[nH]c(CCCCCN2CCN(c3ccc(Cl)cc3)CC2)nc2ccccc12. The lowest BCUT2D eigenvalue weighted by atomic mass is 10.1. The number of benzene rings is 2. The first-order chi connectivity index (χ1) is 14.2. The van der Waals surface area contributed by atoms with Crippen molar-refractivity contribution in [3.63, 3.8) is 0 Å². The summed E-state index contributed by atoms with van der Waals surface area (Å²) in [5, 5.41) is 1.45. The summed E-state index contributed by atoms with van der Waals surface area (Å²) >= 11 is 5.98. The lowest BCUT2D eigenvalue weighted by molar-refractivity contribution is 0.252. The van der Waals surface area contributed by atoms with Gasteiger partial charge in [0.1, 0.15) is 5.82 Å². The second-order valence-electron chi connectivity index (χ2n) is 7.65. The molecular formula is C23H27ClN4O. The van der Waals surface area contributed by atoms with E-state index in [2.05, 4.69) is 31.9 Å². The van der Waals surface area contributed by atoms with Crippen LogP contribution in [0.15, 0.2) is 53.3 Å². The fraction of sp³-hybridized carbons (Fsp3) is 0.391.